The van der Waals surface area contributed by atoms with Crippen LogP contribution < -0.4 is 5.73 Å². The Morgan fingerprint density at radius 3 is 2.25 bits per heavy atom. The molecule has 1 aliphatic carbocycles. The Kier molecular flexibility index (Phi) is 5.70. The number of hydrogen-bond acceptors (Lipinski definition) is 1. The van der Waals surface area contributed by atoms with Crippen molar-refractivity contribution in [2.75, 3.05) is 0 Å². The molecule has 1 fully saturated rings. The van der Waals surface area contributed by atoms with Gasteiger partial charge in [-0.25, -0.2) is 4.39 Å². The number of rotatable bonds is 2. The monoisotopic (exact) mass is 331 g/mol. The Hall–Kier alpha value is -0.520. The van der Waals surface area contributed by atoms with E-state index in [0.29, 0.717) is 0 Å². The fourth-order valence-electron chi connectivity index (χ4n) is 2.69. The molecule has 0 saturated heterocycles. The van der Waals surface area contributed by atoms with Gasteiger partial charge in [0.2, 0.25) is 0 Å². The van der Waals surface area contributed by atoms with Crippen molar-refractivity contribution in [2.45, 2.75) is 37.9 Å². The van der Waals surface area contributed by atoms with E-state index in [4.69, 9.17) is 17.3 Å². The molecule has 1 nitrogen and oxygen atoms in total. The lowest BCUT2D eigenvalue weighted by Crippen LogP contribution is -2.25. The molecular formula is C13H15Cl2F4N. The Balaban J connectivity index is 0.00000200. The van der Waals surface area contributed by atoms with E-state index in [1.165, 1.54) is 0 Å². The molecule has 2 rings (SSSR count). The summed E-state index contributed by atoms with van der Waals surface area (Å²) in [6.45, 7) is 0. The first-order chi connectivity index (χ1) is 8.82. The summed E-state index contributed by atoms with van der Waals surface area (Å²) < 4.78 is 52.8. The van der Waals surface area contributed by atoms with Crippen molar-refractivity contribution in [3.63, 3.8) is 0 Å². The van der Waals surface area contributed by atoms with Crippen molar-refractivity contribution >= 4 is 24.0 Å². The summed E-state index contributed by atoms with van der Waals surface area (Å²) in [6, 6.07) is 0.762. The Morgan fingerprint density at radius 1 is 1.20 bits per heavy atom. The SMILES string of the molecule is Cl.N[C@H](c1c(C(F)(F)F)ccc(Cl)c1F)C1CCCC1. The second-order valence-electron chi connectivity index (χ2n) is 4.89. The molecule has 2 N–H and O–H groups in total. The molecule has 0 aliphatic heterocycles. The van der Waals surface area contributed by atoms with E-state index < -0.39 is 29.2 Å². The van der Waals surface area contributed by atoms with Gasteiger partial charge in [-0.3, -0.25) is 0 Å². The van der Waals surface area contributed by atoms with Gasteiger partial charge >= 0.3 is 6.18 Å². The topological polar surface area (TPSA) is 26.0 Å². The minimum atomic E-state index is -4.63. The maximum atomic E-state index is 14.0. The standard InChI is InChI=1S/C13H14ClF4N.ClH/c14-9-6-5-8(13(16,17)18)10(11(9)15)12(19)7-3-1-2-4-7;/h5-7,12H,1-4,19H2;1H/t12-;/m0./s1. The molecule has 0 amide bonds. The van der Waals surface area contributed by atoms with E-state index in [1.54, 1.807) is 0 Å². The Morgan fingerprint density at radius 2 is 1.75 bits per heavy atom. The summed E-state index contributed by atoms with van der Waals surface area (Å²) >= 11 is 5.59. The van der Waals surface area contributed by atoms with Gasteiger partial charge in [0, 0.05) is 11.6 Å². The van der Waals surface area contributed by atoms with E-state index in [-0.39, 0.29) is 23.3 Å². The number of hydrogen-bond donors (Lipinski definition) is 1. The molecule has 20 heavy (non-hydrogen) atoms. The molecule has 0 bridgehead atoms. The highest BCUT2D eigenvalue weighted by molar-refractivity contribution is 6.30. The van der Waals surface area contributed by atoms with Crippen LogP contribution in [0.1, 0.15) is 42.9 Å². The van der Waals surface area contributed by atoms with E-state index in [2.05, 4.69) is 0 Å². The van der Waals surface area contributed by atoms with E-state index >= 15 is 0 Å². The zero-order valence-electron chi connectivity index (χ0n) is 10.5. The first-order valence-electron chi connectivity index (χ1n) is 6.13. The van der Waals surface area contributed by atoms with Crippen molar-refractivity contribution < 1.29 is 17.6 Å². The van der Waals surface area contributed by atoms with Crippen molar-refractivity contribution in [1.29, 1.82) is 0 Å². The van der Waals surface area contributed by atoms with Crippen LogP contribution in [0, 0.1) is 11.7 Å². The lowest BCUT2D eigenvalue weighted by Gasteiger charge is -2.24. The van der Waals surface area contributed by atoms with Crippen molar-refractivity contribution in [3.8, 4) is 0 Å². The first-order valence-corrected chi connectivity index (χ1v) is 6.51. The van der Waals surface area contributed by atoms with Gasteiger partial charge in [0.15, 0.2) is 0 Å². The van der Waals surface area contributed by atoms with Crippen LogP contribution in [0.3, 0.4) is 0 Å². The molecule has 1 atom stereocenters. The number of alkyl halides is 3. The molecule has 0 radical (unpaired) electrons. The minimum Gasteiger partial charge on any atom is -0.324 e. The predicted molar refractivity (Wildman–Crippen MR) is 72.5 cm³/mol. The molecule has 7 heteroatoms. The molecule has 0 unspecified atom stereocenters. The minimum absolute atomic E-state index is 0. The largest absolute Gasteiger partial charge is 0.416 e. The zero-order valence-corrected chi connectivity index (χ0v) is 12.1. The molecule has 1 saturated carbocycles. The normalized spacial score (nSPS) is 17.9. The van der Waals surface area contributed by atoms with Gasteiger partial charge in [0.25, 0.3) is 0 Å². The Labute approximate surface area is 125 Å². The molecule has 1 aliphatic rings. The van der Waals surface area contributed by atoms with Gasteiger partial charge in [-0.15, -0.1) is 12.4 Å². The van der Waals surface area contributed by atoms with Crippen LogP contribution in [0.4, 0.5) is 17.6 Å². The fourth-order valence-corrected chi connectivity index (χ4v) is 2.86. The van der Waals surface area contributed by atoms with Crippen LogP contribution in [0.15, 0.2) is 12.1 Å². The Bertz CT molecular complexity index is 470. The van der Waals surface area contributed by atoms with Crippen LogP contribution in [-0.2, 0) is 6.18 Å². The number of halogens is 6. The summed E-state index contributed by atoms with van der Waals surface area (Å²) in [4.78, 5) is 0. The second kappa shape index (κ2) is 6.50. The summed E-state index contributed by atoms with van der Waals surface area (Å²) in [6.07, 6.45) is -1.34. The van der Waals surface area contributed by atoms with Crippen molar-refractivity contribution in [2.24, 2.45) is 11.7 Å². The maximum absolute atomic E-state index is 14.0. The van der Waals surface area contributed by atoms with Gasteiger partial charge in [0.05, 0.1) is 10.6 Å². The summed E-state index contributed by atoms with van der Waals surface area (Å²) in [5, 5.41) is -0.323. The predicted octanol–water partition coefficient (Wildman–Crippen LogP) is 5.11. The van der Waals surface area contributed by atoms with Gasteiger partial charge in [0.1, 0.15) is 5.82 Å². The molecule has 0 heterocycles. The quantitative estimate of drug-likeness (QED) is 0.749. The van der Waals surface area contributed by atoms with Crippen LogP contribution >= 0.6 is 24.0 Å². The smallest absolute Gasteiger partial charge is 0.324 e. The van der Waals surface area contributed by atoms with Gasteiger partial charge in [-0.1, -0.05) is 24.4 Å². The van der Waals surface area contributed by atoms with Gasteiger partial charge < -0.3 is 5.73 Å². The lowest BCUT2D eigenvalue weighted by atomic mass is 9.89. The molecule has 114 valence electrons. The van der Waals surface area contributed by atoms with E-state index in [1.807, 2.05) is 0 Å². The van der Waals surface area contributed by atoms with Crippen molar-refractivity contribution in [1.82, 2.24) is 0 Å². The maximum Gasteiger partial charge on any atom is 0.416 e. The average molecular weight is 332 g/mol. The lowest BCUT2D eigenvalue weighted by molar-refractivity contribution is -0.138. The number of benzene rings is 1. The third kappa shape index (κ3) is 3.38. The summed E-state index contributed by atoms with van der Waals surface area (Å²) in [5.74, 6) is -1.16. The second-order valence-corrected chi connectivity index (χ2v) is 5.30. The highest BCUT2D eigenvalue weighted by Crippen LogP contribution is 2.42. The van der Waals surface area contributed by atoms with Gasteiger partial charge in [-0.05, 0) is 30.9 Å². The van der Waals surface area contributed by atoms with Gasteiger partial charge in [-0.2, -0.15) is 13.2 Å². The van der Waals surface area contributed by atoms with Crippen LogP contribution in [-0.4, -0.2) is 0 Å². The highest BCUT2D eigenvalue weighted by Gasteiger charge is 2.38. The molecule has 0 spiro atoms. The van der Waals surface area contributed by atoms with E-state index in [9.17, 15) is 17.6 Å². The molecule has 1 aromatic carbocycles. The van der Waals surface area contributed by atoms with Crippen molar-refractivity contribution in [3.05, 3.63) is 34.1 Å². The molecule has 1 aromatic rings. The zero-order chi connectivity index (χ0) is 14.2. The molecular weight excluding hydrogens is 317 g/mol. The third-order valence-corrected chi connectivity index (χ3v) is 3.97. The summed E-state index contributed by atoms with van der Waals surface area (Å²) in [5.41, 5.74) is 4.36. The van der Waals surface area contributed by atoms with Crippen LogP contribution in [0.2, 0.25) is 5.02 Å². The van der Waals surface area contributed by atoms with Crippen LogP contribution in [0.25, 0.3) is 0 Å². The average Bonchev–Trinajstić information content (AvgIpc) is 2.83. The van der Waals surface area contributed by atoms with E-state index in [0.717, 1.165) is 37.8 Å². The highest BCUT2D eigenvalue weighted by atomic mass is 35.5. The first kappa shape index (κ1) is 17.5. The summed E-state index contributed by atoms with van der Waals surface area (Å²) in [7, 11) is 0. The molecule has 0 aromatic heterocycles. The number of nitrogens with two attached hydrogens (primary N) is 1. The van der Waals surface area contributed by atoms with Crippen LogP contribution in [0.5, 0.6) is 0 Å². The third-order valence-electron chi connectivity index (χ3n) is 3.68. The fraction of sp³-hybridized carbons (Fsp3) is 0.538.